The minimum Gasteiger partial charge on any atom is -0.497 e. The number of rotatable bonds is 6. The van der Waals surface area contributed by atoms with Crippen LogP contribution in [-0.4, -0.2) is 37.1 Å². The first-order chi connectivity index (χ1) is 14.9. The van der Waals surface area contributed by atoms with E-state index in [1.165, 1.54) is 11.3 Å². The van der Waals surface area contributed by atoms with Crippen molar-refractivity contribution in [2.45, 2.75) is 31.7 Å². The zero-order valence-corrected chi connectivity index (χ0v) is 18.9. The molecule has 0 radical (unpaired) electrons. The topological polar surface area (TPSA) is 80.5 Å². The predicted molar refractivity (Wildman–Crippen MR) is 126 cm³/mol. The Hall–Kier alpha value is -2.90. The molecule has 0 aliphatic carbocycles. The van der Waals surface area contributed by atoms with Gasteiger partial charge in [-0.15, -0.1) is 11.3 Å². The maximum atomic E-state index is 12.7. The molecule has 7 heteroatoms. The smallest absolute Gasteiger partial charge is 0.257 e. The number of anilines is 2. The lowest BCUT2D eigenvalue weighted by Crippen LogP contribution is -2.26. The number of nitrogens with one attached hydrogen (secondary N) is 1. The van der Waals surface area contributed by atoms with Gasteiger partial charge in [0, 0.05) is 41.2 Å². The summed E-state index contributed by atoms with van der Waals surface area (Å²) in [4.78, 5) is 19.6. The van der Waals surface area contributed by atoms with Crippen LogP contribution in [0.3, 0.4) is 0 Å². The van der Waals surface area contributed by atoms with Gasteiger partial charge in [-0.2, -0.15) is 0 Å². The van der Waals surface area contributed by atoms with Gasteiger partial charge in [0.25, 0.3) is 5.91 Å². The highest BCUT2D eigenvalue weighted by molar-refractivity contribution is 7.14. The van der Waals surface area contributed by atoms with Crippen LogP contribution >= 0.6 is 11.3 Å². The predicted octanol–water partition coefficient (Wildman–Crippen LogP) is 4.27. The minimum absolute atomic E-state index is 0.159. The van der Waals surface area contributed by atoms with E-state index in [0.717, 1.165) is 42.2 Å². The summed E-state index contributed by atoms with van der Waals surface area (Å²) in [6.07, 6.45) is 1.00. The molecule has 1 aliphatic rings. The highest BCUT2D eigenvalue weighted by atomic mass is 32.1. The van der Waals surface area contributed by atoms with Crippen LogP contribution in [-0.2, 0) is 5.41 Å². The number of carbonyl (C=O) groups excluding carboxylic acids is 1. The van der Waals surface area contributed by atoms with Crippen LogP contribution < -0.4 is 20.7 Å². The SMILES string of the molecule is COc1ccc(C(C)(C)c2csc(NC(=O)c3ccc(N4CCC(N)C4)cc3)n2)cc1. The molecule has 3 aromatic rings. The van der Waals surface area contributed by atoms with E-state index < -0.39 is 0 Å². The summed E-state index contributed by atoms with van der Waals surface area (Å²) in [6.45, 7) is 6.06. The average molecular weight is 437 g/mol. The summed E-state index contributed by atoms with van der Waals surface area (Å²) >= 11 is 1.44. The summed E-state index contributed by atoms with van der Waals surface area (Å²) in [5.74, 6) is 0.664. The number of nitrogens with two attached hydrogens (primary N) is 1. The van der Waals surface area contributed by atoms with E-state index >= 15 is 0 Å². The first-order valence-electron chi connectivity index (χ1n) is 10.4. The summed E-state index contributed by atoms with van der Waals surface area (Å²) in [5, 5.41) is 5.52. The van der Waals surface area contributed by atoms with Crippen molar-refractivity contribution >= 4 is 28.1 Å². The van der Waals surface area contributed by atoms with Crippen LogP contribution in [0.4, 0.5) is 10.8 Å². The number of carbonyl (C=O) groups is 1. The van der Waals surface area contributed by atoms with Gasteiger partial charge in [0.15, 0.2) is 5.13 Å². The van der Waals surface area contributed by atoms with Gasteiger partial charge in [-0.25, -0.2) is 4.98 Å². The van der Waals surface area contributed by atoms with Gasteiger partial charge in [-0.05, 0) is 48.4 Å². The third kappa shape index (κ3) is 4.57. The quantitative estimate of drug-likeness (QED) is 0.603. The van der Waals surface area contributed by atoms with Crippen molar-refractivity contribution in [1.82, 2.24) is 4.98 Å². The Bertz CT molecular complexity index is 1040. The van der Waals surface area contributed by atoms with E-state index in [0.29, 0.717) is 10.7 Å². The third-order valence-electron chi connectivity index (χ3n) is 5.90. The van der Waals surface area contributed by atoms with E-state index in [4.69, 9.17) is 10.5 Å². The van der Waals surface area contributed by atoms with Crippen molar-refractivity contribution in [2.24, 2.45) is 5.73 Å². The highest BCUT2D eigenvalue weighted by Gasteiger charge is 2.26. The molecule has 1 saturated heterocycles. The number of hydrogen-bond acceptors (Lipinski definition) is 6. The molecule has 1 aliphatic heterocycles. The van der Waals surface area contributed by atoms with Gasteiger partial charge in [0.2, 0.25) is 0 Å². The lowest BCUT2D eigenvalue weighted by Gasteiger charge is -2.23. The molecule has 0 saturated carbocycles. The Morgan fingerprint density at radius 2 is 1.90 bits per heavy atom. The number of hydrogen-bond donors (Lipinski definition) is 2. The maximum absolute atomic E-state index is 12.7. The van der Waals surface area contributed by atoms with Gasteiger partial charge in [0.1, 0.15) is 5.75 Å². The fourth-order valence-corrected chi connectivity index (χ4v) is 4.66. The van der Waals surface area contributed by atoms with Crippen molar-refractivity contribution in [2.75, 3.05) is 30.4 Å². The van der Waals surface area contributed by atoms with E-state index in [1.54, 1.807) is 7.11 Å². The molecule has 0 spiro atoms. The van der Waals surface area contributed by atoms with Crippen LogP contribution in [0.25, 0.3) is 0 Å². The van der Waals surface area contributed by atoms with Crippen LogP contribution in [0.2, 0.25) is 0 Å². The standard InChI is InChI=1S/C24H28N4O2S/c1-24(2,17-6-10-20(30-3)11-7-17)21-15-31-23(26-21)27-22(29)16-4-8-19(9-5-16)28-13-12-18(25)14-28/h4-11,15,18H,12-14,25H2,1-3H3,(H,26,27,29). The van der Waals surface area contributed by atoms with Gasteiger partial charge in [-0.1, -0.05) is 26.0 Å². The number of thiazole rings is 1. The molecular weight excluding hydrogens is 408 g/mol. The Kier molecular flexibility index (Phi) is 5.98. The number of methoxy groups -OCH3 is 1. The van der Waals surface area contributed by atoms with Crippen molar-refractivity contribution < 1.29 is 9.53 Å². The van der Waals surface area contributed by atoms with Gasteiger partial charge >= 0.3 is 0 Å². The highest BCUT2D eigenvalue weighted by Crippen LogP contribution is 2.34. The second-order valence-corrected chi connectivity index (χ2v) is 9.25. The normalized spacial score (nSPS) is 16.4. The lowest BCUT2D eigenvalue weighted by molar-refractivity contribution is 0.102. The second kappa shape index (κ2) is 8.69. The molecule has 1 unspecified atom stereocenters. The Balaban J connectivity index is 1.43. The fourth-order valence-electron chi connectivity index (χ4n) is 3.79. The number of ether oxygens (including phenoxy) is 1. The molecule has 2 aromatic carbocycles. The molecule has 4 rings (SSSR count). The maximum Gasteiger partial charge on any atom is 0.257 e. The fraction of sp³-hybridized carbons (Fsp3) is 0.333. The van der Waals surface area contributed by atoms with E-state index in [9.17, 15) is 4.79 Å². The van der Waals surface area contributed by atoms with E-state index in [-0.39, 0.29) is 17.4 Å². The van der Waals surface area contributed by atoms with Crippen LogP contribution in [0.5, 0.6) is 5.75 Å². The molecule has 31 heavy (non-hydrogen) atoms. The first kappa shape index (κ1) is 21.3. The van der Waals surface area contributed by atoms with Crippen molar-refractivity contribution in [1.29, 1.82) is 0 Å². The number of aromatic nitrogens is 1. The van der Waals surface area contributed by atoms with Crippen molar-refractivity contribution in [3.63, 3.8) is 0 Å². The monoisotopic (exact) mass is 436 g/mol. The van der Waals surface area contributed by atoms with Crippen LogP contribution in [0, 0.1) is 0 Å². The molecule has 162 valence electrons. The van der Waals surface area contributed by atoms with Gasteiger partial charge < -0.3 is 15.4 Å². The van der Waals surface area contributed by atoms with E-state index in [2.05, 4.69) is 29.0 Å². The Morgan fingerprint density at radius 1 is 1.19 bits per heavy atom. The molecule has 2 heterocycles. The van der Waals surface area contributed by atoms with Crippen LogP contribution in [0.1, 0.15) is 41.9 Å². The largest absolute Gasteiger partial charge is 0.497 e. The second-order valence-electron chi connectivity index (χ2n) is 8.39. The molecule has 1 atom stereocenters. The minimum atomic E-state index is -0.288. The molecular formula is C24H28N4O2S. The zero-order valence-electron chi connectivity index (χ0n) is 18.1. The summed E-state index contributed by atoms with van der Waals surface area (Å²) in [7, 11) is 1.66. The van der Waals surface area contributed by atoms with Crippen molar-refractivity contribution in [3.8, 4) is 5.75 Å². The van der Waals surface area contributed by atoms with E-state index in [1.807, 2.05) is 53.9 Å². The summed E-state index contributed by atoms with van der Waals surface area (Å²) in [6, 6.07) is 15.9. The molecule has 1 aromatic heterocycles. The molecule has 3 N–H and O–H groups in total. The number of amides is 1. The van der Waals surface area contributed by atoms with Gasteiger partial charge in [0.05, 0.1) is 12.8 Å². The Labute approximate surface area is 187 Å². The summed E-state index contributed by atoms with van der Waals surface area (Å²) < 4.78 is 5.25. The first-order valence-corrected chi connectivity index (χ1v) is 11.3. The van der Waals surface area contributed by atoms with Crippen LogP contribution in [0.15, 0.2) is 53.9 Å². The lowest BCUT2D eigenvalue weighted by atomic mass is 9.82. The molecule has 1 fully saturated rings. The Morgan fingerprint density at radius 3 is 2.52 bits per heavy atom. The average Bonchev–Trinajstić information content (AvgIpc) is 3.43. The number of benzene rings is 2. The van der Waals surface area contributed by atoms with Crippen molar-refractivity contribution in [3.05, 3.63) is 70.7 Å². The molecule has 6 nitrogen and oxygen atoms in total. The van der Waals surface area contributed by atoms with Gasteiger partial charge in [-0.3, -0.25) is 10.1 Å². The zero-order chi connectivity index (χ0) is 22.0. The molecule has 0 bridgehead atoms. The number of nitrogens with zero attached hydrogens (tertiary/aromatic N) is 2. The molecule has 1 amide bonds. The summed E-state index contributed by atoms with van der Waals surface area (Å²) in [5.41, 5.74) is 9.46. The third-order valence-corrected chi connectivity index (χ3v) is 6.65.